The van der Waals surface area contributed by atoms with Crippen molar-refractivity contribution in [2.45, 2.75) is 77.2 Å². The summed E-state index contributed by atoms with van der Waals surface area (Å²) < 4.78 is 119. The minimum absolute atomic E-state index is 0. The summed E-state index contributed by atoms with van der Waals surface area (Å²) in [6.45, 7) is -6.60. The molecule has 269 valence electrons. The fourth-order valence-corrected chi connectivity index (χ4v) is 8.94. The summed E-state index contributed by atoms with van der Waals surface area (Å²) in [7, 11) is 0. The Labute approximate surface area is 346 Å². The van der Waals surface area contributed by atoms with Crippen molar-refractivity contribution in [1.29, 1.82) is 0 Å². The number of benzene rings is 4. The SMILES string of the molecule is [2H]C([2H])([2H])C(c1ccnc(-c2[c-]cc(C)c3c2oc2cc(-c4ccccc4)ccc23)c1)(C([2H])([2H])[2H])C([2H])([2H])[2H].[2H]C([2H])([2H])c1c[c-]c(-c2cc(C([2H])([2H])C(C)C)[c]([Ge]([CH3])([CH3])[CH3])cn2)cc1.[Ir]. The Kier molecular flexibility index (Phi) is 7.55. The van der Waals surface area contributed by atoms with Crippen molar-refractivity contribution < 1.29 is 43.7 Å². The molecule has 3 nitrogen and oxygen atoms in total. The largest absolute Gasteiger partial charge is 0 e. The molecule has 0 unspecified atom stereocenters. The summed E-state index contributed by atoms with van der Waals surface area (Å²) in [5, 5.41) is 1.66. The number of hydrogen-bond donors (Lipinski definition) is 0. The van der Waals surface area contributed by atoms with Gasteiger partial charge in [0, 0.05) is 44.0 Å². The van der Waals surface area contributed by atoms with Gasteiger partial charge in [-0.2, -0.15) is 0 Å². The number of rotatable bonds is 6. The van der Waals surface area contributed by atoms with E-state index in [0.29, 0.717) is 33.6 Å². The molecule has 5 heteroatoms. The monoisotopic (exact) mass is 939 g/mol. The molecule has 0 atom stereocenters. The fourth-order valence-electron chi connectivity index (χ4n) is 6.00. The summed E-state index contributed by atoms with van der Waals surface area (Å²) >= 11 is -2.32. The maximum atomic E-state index is 8.60. The van der Waals surface area contributed by atoms with Gasteiger partial charge in [0.15, 0.2) is 0 Å². The molecule has 0 bridgehead atoms. The summed E-state index contributed by atoms with van der Waals surface area (Å²) in [4.78, 5) is 8.89. The van der Waals surface area contributed by atoms with E-state index in [4.69, 9.17) is 23.6 Å². The molecular weight excluding hydrogens is 873 g/mol. The van der Waals surface area contributed by atoms with Crippen molar-refractivity contribution in [2.24, 2.45) is 5.92 Å². The van der Waals surface area contributed by atoms with E-state index < -0.39 is 52.5 Å². The van der Waals surface area contributed by atoms with E-state index in [0.717, 1.165) is 37.9 Å². The molecule has 0 aliphatic carbocycles. The Bertz CT molecular complexity index is 2790. The second kappa shape index (κ2) is 16.0. The zero-order chi connectivity index (χ0) is 48.3. The number of furan rings is 1. The number of aryl methyl sites for hydroxylation is 2. The van der Waals surface area contributed by atoms with Gasteiger partial charge in [-0.25, -0.2) is 0 Å². The third-order valence-electron chi connectivity index (χ3n) is 8.55. The first kappa shape index (κ1) is 24.5. The quantitative estimate of drug-likeness (QED) is 0.123. The average Bonchev–Trinajstić information content (AvgIpc) is 3.59. The van der Waals surface area contributed by atoms with Crippen LogP contribution in [0.5, 0.6) is 0 Å². The van der Waals surface area contributed by atoms with E-state index in [1.165, 1.54) is 18.3 Å². The molecule has 0 fully saturated rings. The second-order valence-corrected chi connectivity index (χ2v) is 24.6. The minimum atomic E-state index is -3.37. The second-order valence-electron chi connectivity index (χ2n) is 14.1. The molecule has 0 aliphatic heterocycles. The van der Waals surface area contributed by atoms with Crippen LogP contribution in [0.4, 0.5) is 0 Å². The van der Waals surface area contributed by atoms with Crippen LogP contribution in [-0.2, 0) is 31.9 Å². The minimum Gasteiger partial charge on any atom is 0 e. The van der Waals surface area contributed by atoms with Gasteiger partial charge in [-0.1, -0.05) is 87.0 Å². The summed E-state index contributed by atoms with van der Waals surface area (Å²) in [6.07, 6.45) is 1.58. The van der Waals surface area contributed by atoms with Crippen LogP contribution in [0.1, 0.15) is 75.8 Å². The van der Waals surface area contributed by atoms with Crippen LogP contribution >= 0.6 is 0 Å². The molecule has 0 aliphatic rings. The Balaban J connectivity index is 0.000000265. The van der Waals surface area contributed by atoms with Gasteiger partial charge >= 0.3 is 139 Å². The predicted octanol–water partition coefficient (Wildman–Crippen LogP) is 12.3. The molecule has 7 aromatic rings. The van der Waals surface area contributed by atoms with E-state index in [-0.39, 0.29) is 42.8 Å². The van der Waals surface area contributed by atoms with E-state index in [9.17, 15) is 0 Å². The Hall–Kier alpha value is -3.83. The van der Waals surface area contributed by atoms with Crippen LogP contribution in [-0.4, -0.2) is 23.2 Å². The van der Waals surface area contributed by atoms with Crippen LogP contribution in [0.25, 0.3) is 55.6 Å². The molecule has 1 radical (unpaired) electrons. The van der Waals surface area contributed by atoms with Crippen LogP contribution in [0.2, 0.25) is 17.3 Å². The van der Waals surface area contributed by atoms with Crippen molar-refractivity contribution in [3.63, 3.8) is 0 Å². The number of pyridine rings is 2. The van der Waals surface area contributed by atoms with Crippen molar-refractivity contribution in [3.8, 4) is 33.6 Å². The maximum absolute atomic E-state index is 8.60. The van der Waals surface area contributed by atoms with Gasteiger partial charge in [-0.05, 0) is 39.9 Å². The van der Waals surface area contributed by atoms with Crippen molar-refractivity contribution >= 4 is 39.6 Å². The van der Waals surface area contributed by atoms with Crippen LogP contribution in [0.15, 0.2) is 108 Å². The summed E-state index contributed by atoms with van der Waals surface area (Å²) in [5.41, 5.74) is 3.17. The molecular formula is C47H50GeIrN2O-2. The van der Waals surface area contributed by atoms with Gasteiger partial charge in [0.25, 0.3) is 0 Å². The summed E-state index contributed by atoms with van der Waals surface area (Å²) in [6, 6.07) is 32.5. The number of aromatic nitrogens is 2. The third-order valence-corrected chi connectivity index (χ3v) is 12.8. The van der Waals surface area contributed by atoms with Gasteiger partial charge in [0.1, 0.15) is 5.58 Å². The van der Waals surface area contributed by atoms with E-state index in [2.05, 4.69) is 39.4 Å². The maximum Gasteiger partial charge on any atom is 0 e. The molecule has 3 heterocycles. The summed E-state index contributed by atoms with van der Waals surface area (Å²) in [5.74, 6) is 6.53. The first-order valence-corrected chi connectivity index (χ1v) is 24.2. The van der Waals surface area contributed by atoms with E-state index >= 15 is 0 Å². The fraction of sp³-hybridized carbons (Fsp3) is 0.277. The molecule has 3 aromatic heterocycles. The van der Waals surface area contributed by atoms with Gasteiger partial charge in [0.05, 0.1) is 5.58 Å². The standard InChI is InChI=1S/C28H24NO.C19H26GeN.Ir/c1-18-10-12-22(24-17-21(14-15-29-24)28(2,3)4)27-26(18)23-13-11-20(16-25(23)30-27)19-8-6-5-7-9-19;1-14(2)11-17-12-19(16-9-7-15(3)8-10-16)21-13-18(17)20(4,5)6;/h5-11,13-17H,1-4H3;7-9,12-14H,11H2,1-6H3;/q2*-1;/i2D3,3D3,4D3;3D3,11D2;. The molecule has 0 amide bonds. The Morgan fingerprint density at radius 2 is 1.65 bits per heavy atom. The van der Waals surface area contributed by atoms with Crippen molar-refractivity contribution in [2.75, 3.05) is 0 Å². The predicted molar refractivity (Wildman–Crippen MR) is 219 cm³/mol. The normalized spacial score (nSPS) is 17.0. The molecule has 7 rings (SSSR count). The first-order valence-electron chi connectivity index (χ1n) is 23.8. The van der Waals surface area contributed by atoms with E-state index in [1.54, 1.807) is 18.2 Å². The van der Waals surface area contributed by atoms with Crippen molar-refractivity contribution in [3.05, 3.63) is 138 Å². The zero-order valence-electron chi connectivity index (χ0n) is 44.0. The Morgan fingerprint density at radius 3 is 2.33 bits per heavy atom. The van der Waals surface area contributed by atoms with Crippen molar-refractivity contribution in [1.82, 2.24) is 9.97 Å². The third kappa shape index (κ3) is 8.85. The van der Waals surface area contributed by atoms with Gasteiger partial charge in [-0.15, -0.1) is 17.7 Å². The van der Waals surface area contributed by atoms with Crippen LogP contribution in [0, 0.1) is 31.8 Å². The molecule has 0 saturated carbocycles. The Morgan fingerprint density at radius 1 is 0.865 bits per heavy atom. The number of nitrogens with zero attached hydrogens (tertiary/aromatic N) is 2. The molecule has 0 spiro atoms. The topological polar surface area (TPSA) is 38.9 Å². The van der Waals surface area contributed by atoms with Gasteiger partial charge < -0.3 is 9.40 Å². The number of hydrogen-bond acceptors (Lipinski definition) is 3. The average molecular weight is 938 g/mol. The molecule has 0 saturated heterocycles. The van der Waals surface area contributed by atoms with E-state index in [1.807, 2.05) is 81.6 Å². The van der Waals surface area contributed by atoms with Gasteiger partial charge in [-0.3, -0.25) is 0 Å². The smallest absolute Gasteiger partial charge is 0 e. The number of fused-ring (bicyclic) bond motifs is 3. The molecule has 4 aromatic carbocycles. The van der Waals surface area contributed by atoms with Crippen LogP contribution < -0.4 is 4.40 Å². The molecule has 0 N–H and O–H groups in total. The van der Waals surface area contributed by atoms with Crippen LogP contribution in [0.3, 0.4) is 0 Å². The van der Waals surface area contributed by atoms with Gasteiger partial charge in [0.2, 0.25) is 0 Å². The zero-order valence-corrected chi connectivity index (χ0v) is 34.5. The molecule has 52 heavy (non-hydrogen) atoms. The first-order chi connectivity index (χ1) is 29.9.